The summed E-state index contributed by atoms with van der Waals surface area (Å²) in [6.45, 7) is 0.726. The SMILES string of the molecule is NOCCOc1ccc(Br)cc1Cl. The fourth-order valence-corrected chi connectivity index (χ4v) is 1.52. The molecule has 0 unspecified atom stereocenters. The Kier molecular flexibility index (Phi) is 4.52. The van der Waals surface area contributed by atoms with Gasteiger partial charge in [0.25, 0.3) is 0 Å². The lowest BCUT2D eigenvalue weighted by Crippen LogP contribution is -2.10. The zero-order chi connectivity index (χ0) is 9.68. The fraction of sp³-hybridized carbons (Fsp3) is 0.250. The first-order valence-corrected chi connectivity index (χ1v) is 4.80. The number of benzene rings is 1. The van der Waals surface area contributed by atoms with Crippen molar-refractivity contribution in [2.45, 2.75) is 0 Å². The van der Waals surface area contributed by atoms with Gasteiger partial charge in [-0.25, -0.2) is 5.90 Å². The van der Waals surface area contributed by atoms with Gasteiger partial charge in [0.1, 0.15) is 19.0 Å². The first kappa shape index (κ1) is 10.8. The molecule has 0 aliphatic carbocycles. The maximum absolute atomic E-state index is 5.88. The summed E-state index contributed by atoms with van der Waals surface area (Å²) in [6.07, 6.45) is 0. The largest absolute Gasteiger partial charge is 0.490 e. The molecule has 0 fully saturated rings. The lowest BCUT2D eigenvalue weighted by atomic mass is 10.3. The number of ether oxygens (including phenoxy) is 1. The molecule has 0 heterocycles. The third kappa shape index (κ3) is 3.52. The Morgan fingerprint density at radius 2 is 2.15 bits per heavy atom. The monoisotopic (exact) mass is 265 g/mol. The van der Waals surface area contributed by atoms with E-state index in [0.717, 1.165) is 4.47 Å². The van der Waals surface area contributed by atoms with Gasteiger partial charge in [-0.3, -0.25) is 0 Å². The molecule has 0 saturated carbocycles. The van der Waals surface area contributed by atoms with Gasteiger partial charge in [0.05, 0.1) is 5.02 Å². The molecule has 1 aromatic carbocycles. The van der Waals surface area contributed by atoms with Gasteiger partial charge in [-0.05, 0) is 18.2 Å². The molecule has 0 radical (unpaired) electrons. The first-order valence-electron chi connectivity index (χ1n) is 3.63. The van der Waals surface area contributed by atoms with Crippen LogP contribution in [0, 0.1) is 0 Å². The van der Waals surface area contributed by atoms with Crippen LogP contribution in [0.4, 0.5) is 0 Å². The predicted octanol–water partition coefficient (Wildman–Crippen LogP) is 2.37. The van der Waals surface area contributed by atoms with Crippen LogP contribution in [0.5, 0.6) is 5.75 Å². The molecule has 0 saturated heterocycles. The van der Waals surface area contributed by atoms with E-state index in [1.165, 1.54) is 0 Å². The highest BCUT2D eigenvalue weighted by molar-refractivity contribution is 9.10. The number of halogens is 2. The van der Waals surface area contributed by atoms with Gasteiger partial charge in [-0.2, -0.15) is 0 Å². The summed E-state index contributed by atoms with van der Waals surface area (Å²) in [5, 5.41) is 0.561. The van der Waals surface area contributed by atoms with Gasteiger partial charge < -0.3 is 9.57 Å². The van der Waals surface area contributed by atoms with Crippen molar-refractivity contribution >= 4 is 27.5 Å². The number of nitrogens with two attached hydrogens (primary N) is 1. The molecule has 1 rings (SSSR count). The molecule has 0 atom stereocenters. The molecular formula is C8H9BrClNO2. The normalized spacial score (nSPS) is 10.1. The van der Waals surface area contributed by atoms with Crippen LogP contribution >= 0.6 is 27.5 Å². The third-order valence-electron chi connectivity index (χ3n) is 1.35. The molecular weight excluding hydrogens is 257 g/mol. The van der Waals surface area contributed by atoms with Crippen LogP contribution in [-0.4, -0.2) is 13.2 Å². The molecule has 0 aliphatic rings. The van der Waals surface area contributed by atoms with Gasteiger partial charge in [-0.1, -0.05) is 27.5 Å². The highest BCUT2D eigenvalue weighted by Crippen LogP contribution is 2.27. The van der Waals surface area contributed by atoms with Crippen molar-refractivity contribution in [3.8, 4) is 5.75 Å². The van der Waals surface area contributed by atoms with E-state index in [-0.39, 0.29) is 0 Å². The average Bonchev–Trinajstić information content (AvgIpc) is 2.09. The Morgan fingerprint density at radius 3 is 2.77 bits per heavy atom. The molecule has 3 nitrogen and oxygen atoms in total. The average molecular weight is 267 g/mol. The second-order valence-electron chi connectivity index (χ2n) is 2.29. The first-order chi connectivity index (χ1) is 6.24. The maximum atomic E-state index is 5.88. The summed E-state index contributed by atoms with van der Waals surface area (Å²) in [5.41, 5.74) is 0. The Balaban J connectivity index is 2.56. The molecule has 0 amide bonds. The van der Waals surface area contributed by atoms with E-state index >= 15 is 0 Å². The summed E-state index contributed by atoms with van der Waals surface area (Å²) in [6, 6.07) is 5.40. The number of rotatable bonds is 4. The second kappa shape index (κ2) is 5.44. The van der Waals surface area contributed by atoms with Crippen molar-refractivity contribution in [2.24, 2.45) is 5.90 Å². The summed E-state index contributed by atoms with van der Waals surface area (Å²) >= 11 is 9.17. The van der Waals surface area contributed by atoms with Crippen molar-refractivity contribution in [3.63, 3.8) is 0 Å². The summed E-state index contributed by atoms with van der Waals surface area (Å²) in [7, 11) is 0. The molecule has 0 aromatic heterocycles. The molecule has 72 valence electrons. The van der Waals surface area contributed by atoms with Crippen molar-refractivity contribution in [3.05, 3.63) is 27.7 Å². The molecule has 1 aromatic rings. The van der Waals surface area contributed by atoms with Crippen molar-refractivity contribution in [1.82, 2.24) is 0 Å². The summed E-state index contributed by atoms with van der Waals surface area (Å²) in [5.74, 6) is 5.46. The van der Waals surface area contributed by atoms with Gasteiger partial charge in [0.15, 0.2) is 0 Å². The highest BCUT2D eigenvalue weighted by Gasteiger charge is 2.00. The topological polar surface area (TPSA) is 44.5 Å². The number of hydrogen-bond acceptors (Lipinski definition) is 3. The zero-order valence-corrected chi connectivity index (χ0v) is 9.14. The molecule has 0 aliphatic heterocycles. The highest BCUT2D eigenvalue weighted by atomic mass is 79.9. The Bertz CT molecular complexity index is 283. The second-order valence-corrected chi connectivity index (χ2v) is 3.62. The van der Waals surface area contributed by atoms with E-state index in [2.05, 4.69) is 20.8 Å². The van der Waals surface area contributed by atoms with Gasteiger partial charge in [0, 0.05) is 4.47 Å². The van der Waals surface area contributed by atoms with Crippen molar-refractivity contribution in [1.29, 1.82) is 0 Å². The van der Waals surface area contributed by atoms with Crippen LogP contribution in [0.1, 0.15) is 0 Å². The fourth-order valence-electron chi connectivity index (χ4n) is 0.792. The van der Waals surface area contributed by atoms with Crippen LogP contribution in [0.25, 0.3) is 0 Å². The Hall–Kier alpha value is -0.290. The quantitative estimate of drug-likeness (QED) is 0.672. The van der Waals surface area contributed by atoms with Gasteiger partial charge >= 0.3 is 0 Å². The smallest absolute Gasteiger partial charge is 0.138 e. The van der Waals surface area contributed by atoms with E-state index in [9.17, 15) is 0 Å². The maximum Gasteiger partial charge on any atom is 0.138 e. The van der Waals surface area contributed by atoms with Crippen LogP contribution in [0.3, 0.4) is 0 Å². The minimum absolute atomic E-state index is 0.340. The number of hydrogen-bond donors (Lipinski definition) is 1. The lowest BCUT2D eigenvalue weighted by Gasteiger charge is -2.06. The van der Waals surface area contributed by atoms with Gasteiger partial charge in [-0.15, -0.1) is 0 Å². The zero-order valence-electron chi connectivity index (χ0n) is 6.80. The minimum atomic E-state index is 0.340. The molecule has 0 spiro atoms. The van der Waals surface area contributed by atoms with E-state index < -0.39 is 0 Å². The molecule has 5 heteroatoms. The van der Waals surface area contributed by atoms with Gasteiger partial charge in [0.2, 0.25) is 0 Å². The molecule has 13 heavy (non-hydrogen) atoms. The molecule has 2 N–H and O–H groups in total. The lowest BCUT2D eigenvalue weighted by molar-refractivity contribution is 0.102. The van der Waals surface area contributed by atoms with E-state index in [4.69, 9.17) is 22.2 Å². The predicted molar refractivity (Wildman–Crippen MR) is 54.8 cm³/mol. The van der Waals surface area contributed by atoms with Crippen molar-refractivity contribution in [2.75, 3.05) is 13.2 Å². The van der Waals surface area contributed by atoms with Crippen LogP contribution in [0.2, 0.25) is 5.02 Å². The molecule has 0 bridgehead atoms. The van der Waals surface area contributed by atoms with E-state index in [1.807, 2.05) is 6.07 Å². The summed E-state index contributed by atoms with van der Waals surface area (Å²) in [4.78, 5) is 4.35. The summed E-state index contributed by atoms with van der Waals surface area (Å²) < 4.78 is 6.19. The van der Waals surface area contributed by atoms with E-state index in [1.54, 1.807) is 12.1 Å². The van der Waals surface area contributed by atoms with Crippen LogP contribution in [0.15, 0.2) is 22.7 Å². The standard InChI is InChI=1S/C8H9BrClNO2/c9-6-1-2-8(7(10)5-6)12-3-4-13-11/h1-2,5H,3-4,11H2. The van der Waals surface area contributed by atoms with Crippen molar-refractivity contribution < 1.29 is 9.57 Å². The minimum Gasteiger partial charge on any atom is -0.490 e. The van der Waals surface area contributed by atoms with Crippen LogP contribution < -0.4 is 10.6 Å². The van der Waals surface area contributed by atoms with Crippen LogP contribution in [-0.2, 0) is 4.84 Å². The Morgan fingerprint density at radius 1 is 1.38 bits per heavy atom. The Labute approximate surface area is 89.9 Å². The third-order valence-corrected chi connectivity index (χ3v) is 2.14. The van der Waals surface area contributed by atoms with E-state index in [0.29, 0.717) is 24.0 Å².